The van der Waals surface area contributed by atoms with Gasteiger partial charge in [-0.05, 0) is 48.9 Å². The van der Waals surface area contributed by atoms with Gasteiger partial charge in [-0.15, -0.1) is 17.0 Å². The predicted molar refractivity (Wildman–Crippen MR) is 126 cm³/mol. The van der Waals surface area contributed by atoms with Gasteiger partial charge in [0.1, 0.15) is 0 Å². The van der Waals surface area contributed by atoms with Crippen molar-refractivity contribution in [2.75, 3.05) is 25.5 Å². The first kappa shape index (κ1) is 25.9. The van der Waals surface area contributed by atoms with Gasteiger partial charge in [0, 0.05) is 24.9 Å². The normalized spacial score (nSPS) is 16.0. The topological polar surface area (TPSA) is 88.1 Å². The number of ether oxygens (including phenoxy) is 1. The highest BCUT2D eigenvalue weighted by Crippen LogP contribution is 2.31. The quantitative estimate of drug-likeness (QED) is 0.310. The van der Waals surface area contributed by atoms with Gasteiger partial charge in [-0.1, -0.05) is 26.7 Å². The summed E-state index contributed by atoms with van der Waals surface area (Å²) in [6, 6.07) is 6.35. The van der Waals surface area contributed by atoms with E-state index in [0.717, 1.165) is 25.7 Å². The number of thioether (sulfide) groups is 1. The molecule has 0 aromatic heterocycles. The van der Waals surface area contributed by atoms with Crippen LogP contribution in [0.4, 0.5) is 5.69 Å². The molecular formula is C21H28BrN3O4S. The first-order valence-electron chi connectivity index (χ1n) is 9.75. The number of nitrogens with zero attached hydrogens (tertiary/aromatic N) is 2. The van der Waals surface area contributed by atoms with Crippen LogP contribution in [0.15, 0.2) is 40.2 Å². The van der Waals surface area contributed by atoms with Crippen molar-refractivity contribution in [3.63, 3.8) is 0 Å². The van der Waals surface area contributed by atoms with Crippen LogP contribution in [-0.2, 0) is 14.3 Å². The zero-order valence-corrected chi connectivity index (χ0v) is 20.0. The molecule has 0 saturated carbocycles. The van der Waals surface area contributed by atoms with Crippen LogP contribution in [0.1, 0.15) is 49.9 Å². The zero-order chi connectivity index (χ0) is 21.2. The summed E-state index contributed by atoms with van der Waals surface area (Å²) in [6.07, 6.45) is 5.15. The molecule has 0 bridgehead atoms. The van der Waals surface area contributed by atoms with Crippen LogP contribution in [-0.4, -0.2) is 48.1 Å². The van der Waals surface area contributed by atoms with Gasteiger partial charge >= 0.3 is 5.97 Å². The Morgan fingerprint density at radius 2 is 1.83 bits per heavy atom. The number of unbranched alkanes of at least 4 members (excludes halogenated alkanes) is 2. The Morgan fingerprint density at radius 3 is 2.43 bits per heavy atom. The second-order valence-electron chi connectivity index (χ2n) is 6.50. The van der Waals surface area contributed by atoms with E-state index in [4.69, 9.17) is 0 Å². The number of esters is 1. The number of amides is 2. The number of carbonyl (C=O) groups excluding carboxylic acids is 3. The molecule has 1 N–H and O–H groups in total. The fraction of sp³-hybridized carbons (Fsp3) is 0.429. The summed E-state index contributed by atoms with van der Waals surface area (Å²) in [5, 5.41) is 3.37. The van der Waals surface area contributed by atoms with Crippen molar-refractivity contribution in [2.24, 2.45) is 4.99 Å². The average molecular weight is 498 g/mol. The van der Waals surface area contributed by atoms with E-state index in [-0.39, 0.29) is 22.9 Å². The predicted octanol–water partition coefficient (Wildman–Crippen LogP) is 4.41. The van der Waals surface area contributed by atoms with Gasteiger partial charge in [-0.2, -0.15) is 0 Å². The molecule has 0 radical (unpaired) electrons. The van der Waals surface area contributed by atoms with E-state index < -0.39 is 11.9 Å². The van der Waals surface area contributed by atoms with Crippen molar-refractivity contribution in [1.82, 2.24) is 4.90 Å². The Labute approximate surface area is 192 Å². The fourth-order valence-corrected chi connectivity index (χ4v) is 3.58. The largest absolute Gasteiger partial charge is 0.465 e. The molecule has 1 fully saturated rings. The number of aliphatic imine (C=N–C) groups is 1. The minimum atomic E-state index is -0.444. The molecule has 2 amide bonds. The first-order chi connectivity index (χ1) is 14.0. The number of hydrogen-bond acceptors (Lipinski definition) is 6. The van der Waals surface area contributed by atoms with Crippen molar-refractivity contribution >= 4 is 57.4 Å². The van der Waals surface area contributed by atoms with E-state index in [9.17, 15) is 14.4 Å². The number of methoxy groups -OCH3 is 1. The molecular weight excluding hydrogens is 470 g/mol. The van der Waals surface area contributed by atoms with Gasteiger partial charge in [0.25, 0.3) is 5.91 Å². The monoisotopic (exact) mass is 497 g/mol. The third-order valence-corrected chi connectivity index (χ3v) is 5.26. The Kier molecular flexibility index (Phi) is 11.4. The number of rotatable bonds is 9. The molecule has 1 heterocycles. The maximum absolute atomic E-state index is 12.7. The lowest BCUT2D eigenvalue weighted by Gasteiger charge is -2.14. The van der Waals surface area contributed by atoms with E-state index >= 15 is 0 Å². The standard InChI is InChI=1S/C21H27N3O4S.BrH/c1-4-6-12-22-21-24(13-7-5-2)19(26)17(29-21)14-18(25)23-16-10-8-15(9-11-16)20(27)28-3;/h8-11,14H,4-7,12-13H2,1-3H3,(H,23,25);1H/b17-14-,22-21?;. The van der Waals surface area contributed by atoms with Gasteiger partial charge in [0.15, 0.2) is 5.17 Å². The highest BCUT2D eigenvalue weighted by Gasteiger charge is 2.33. The maximum atomic E-state index is 12.7. The van der Waals surface area contributed by atoms with E-state index in [0.29, 0.717) is 34.4 Å². The van der Waals surface area contributed by atoms with Crippen LogP contribution in [0.2, 0.25) is 0 Å². The van der Waals surface area contributed by atoms with Crippen LogP contribution < -0.4 is 5.32 Å². The number of nitrogens with one attached hydrogen (secondary N) is 1. The number of benzene rings is 1. The van der Waals surface area contributed by atoms with E-state index in [1.54, 1.807) is 29.2 Å². The second-order valence-corrected chi connectivity index (χ2v) is 7.51. The van der Waals surface area contributed by atoms with Crippen LogP contribution in [0, 0.1) is 0 Å². The molecule has 1 aromatic carbocycles. The van der Waals surface area contributed by atoms with Gasteiger partial charge in [0.05, 0.1) is 17.6 Å². The SMILES string of the molecule is Br.CCCCN=C1S/C(=C\C(=O)Nc2ccc(C(=O)OC)cc2)C(=O)N1CCCC. The van der Waals surface area contributed by atoms with Crippen molar-refractivity contribution in [3.8, 4) is 0 Å². The molecule has 164 valence electrons. The van der Waals surface area contributed by atoms with Gasteiger partial charge in [-0.3, -0.25) is 19.5 Å². The second kappa shape index (κ2) is 13.2. The van der Waals surface area contributed by atoms with Crippen molar-refractivity contribution in [2.45, 2.75) is 39.5 Å². The molecule has 1 aliphatic rings. The van der Waals surface area contributed by atoms with Crippen LogP contribution >= 0.6 is 28.7 Å². The zero-order valence-electron chi connectivity index (χ0n) is 17.5. The summed E-state index contributed by atoms with van der Waals surface area (Å²) in [5.74, 6) is -1.04. The Hall–Kier alpha value is -2.13. The van der Waals surface area contributed by atoms with Crippen LogP contribution in [0.5, 0.6) is 0 Å². The van der Waals surface area contributed by atoms with Crippen LogP contribution in [0.3, 0.4) is 0 Å². The summed E-state index contributed by atoms with van der Waals surface area (Å²) < 4.78 is 4.65. The Bertz CT molecular complexity index is 809. The highest BCUT2D eigenvalue weighted by molar-refractivity contribution is 8.93. The van der Waals surface area contributed by atoms with Crippen molar-refractivity contribution < 1.29 is 19.1 Å². The van der Waals surface area contributed by atoms with Crippen LogP contribution in [0.25, 0.3) is 0 Å². The summed E-state index contributed by atoms with van der Waals surface area (Å²) in [7, 11) is 1.31. The molecule has 1 aliphatic heterocycles. The van der Waals surface area contributed by atoms with E-state index in [1.165, 1.54) is 24.9 Å². The van der Waals surface area contributed by atoms with Gasteiger partial charge in [0.2, 0.25) is 5.91 Å². The van der Waals surface area contributed by atoms with Crippen molar-refractivity contribution in [1.29, 1.82) is 0 Å². The third-order valence-electron chi connectivity index (χ3n) is 4.22. The minimum Gasteiger partial charge on any atom is -0.465 e. The molecule has 7 nitrogen and oxygen atoms in total. The first-order valence-corrected chi connectivity index (χ1v) is 10.6. The number of hydrogen-bond donors (Lipinski definition) is 1. The molecule has 1 aromatic rings. The maximum Gasteiger partial charge on any atom is 0.337 e. The molecule has 2 rings (SSSR count). The smallest absolute Gasteiger partial charge is 0.337 e. The fourth-order valence-electron chi connectivity index (χ4n) is 2.58. The molecule has 9 heteroatoms. The lowest BCUT2D eigenvalue weighted by atomic mass is 10.2. The van der Waals surface area contributed by atoms with E-state index in [2.05, 4.69) is 28.9 Å². The number of amidine groups is 1. The minimum absolute atomic E-state index is 0. The Balaban J connectivity index is 0.00000450. The van der Waals surface area contributed by atoms with Gasteiger partial charge in [-0.25, -0.2) is 4.79 Å². The summed E-state index contributed by atoms with van der Waals surface area (Å²) in [4.78, 5) is 43.1. The lowest BCUT2D eigenvalue weighted by Crippen LogP contribution is -2.30. The molecule has 0 unspecified atom stereocenters. The molecule has 0 spiro atoms. The number of anilines is 1. The van der Waals surface area contributed by atoms with E-state index in [1.807, 2.05) is 0 Å². The third kappa shape index (κ3) is 7.28. The van der Waals surface area contributed by atoms with Crippen molar-refractivity contribution in [3.05, 3.63) is 40.8 Å². The van der Waals surface area contributed by atoms with Gasteiger partial charge < -0.3 is 10.1 Å². The Morgan fingerprint density at radius 1 is 1.17 bits per heavy atom. The molecule has 30 heavy (non-hydrogen) atoms. The number of halogens is 1. The number of carbonyl (C=O) groups is 3. The average Bonchev–Trinajstić information content (AvgIpc) is 3.01. The molecule has 0 atom stereocenters. The highest BCUT2D eigenvalue weighted by atomic mass is 79.9. The molecule has 1 saturated heterocycles. The summed E-state index contributed by atoms with van der Waals surface area (Å²) in [5.41, 5.74) is 0.916. The summed E-state index contributed by atoms with van der Waals surface area (Å²) in [6.45, 7) is 5.43. The molecule has 0 aliphatic carbocycles. The lowest BCUT2D eigenvalue weighted by molar-refractivity contribution is -0.122. The summed E-state index contributed by atoms with van der Waals surface area (Å²) >= 11 is 1.24.